The van der Waals surface area contributed by atoms with E-state index >= 15 is 0 Å². The van der Waals surface area contributed by atoms with Crippen LogP contribution in [0.5, 0.6) is 0 Å². The van der Waals surface area contributed by atoms with E-state index in [9.17, 15) is 0 Å². The van der Waals surface area contributed by atoms with Crippen molar-refractivity contribution in [2.75, 3.05) is 14.7 Å². The van der Waals surface area contributed by atoms with Crippen LogP contribution in [0.3, 0.4) is 0 Å². The summed E-state index contributed by atoms with van der Waals surface area (Å²) >= 11 is 0. The minimum absolute atomic E-state index is 0.0375. The first-order chi connectivity index (χ1) is 31.0. The van der Waals surface area contributed by atoms with E-state index in [-0.39, 0.29) is 17.5 Å². The molecule has 0 spiro atoms. The molecular formula is C60H56BN3. The van der Waals surface area contributed by atoms with Crippen molar-refractivity contribution in [3.63, 3.8) is 0 Å². The fourth-order valence-electron chi connectivity index (χ4n) is 10.6. The molecule has 0 unspecified atom stereocenters. The van der Waals surface area contributed by atoms with E-state index in [0.29, 0.717) is 0 Å². The van der Waals surface area contributed by atoms with Crippen molar-refractivity contribution in [2.45, 2.75) is 78.1 Å². The van der Waals surface area contributed by atoms with Crippen LogP contribution < -0.4 is 31.1 Å². The zero-order chi connectivity index (χ0) is 43.7. The topological polar surface area (TPSA) is 9.72 Å². The van der Waals surface area contributed by atoms with E-state index in [2.05, 4.69) is 238 Å². The maximum absolute atomic E-state index is 2.55. The van der Waals surface area contributed by atoms with Gasteiger partial charge in [-0.05, 0) is 154 Å². The molecule has 11 rings (SSSR count). The Morgan fingerprint density at radius 1 is 0.438 bits per heavy atom. The summed E-state index contributed by atoms with van der Waals surface area (Å²) in [5.74, 6) is 0. The SMILES string of the molecule is CC(C)(C)c1ccc(N2c3ccccc3B3c4ccccc4N(c4ccc(C(C)(C)C)cc4)c4cc(N(c5ccccc5)c5cc6c(cc5-c5ccccc5)CCCC6)cc2c43)cc1. The molecule has 0 atom stereocenters. The third-order valence-corrected chi connectivity index (χ3v) is 13.9. The molecular weight excluding hydrogens is 773 g/mol. The predicted molar refractivity (Wildman–Crippen MR) is 275 cm³/mol. The van der Waals surface area contributed by atoms with Crippen LogP contribution in [0.1, 0.15) is 76.6 Å². The standard InChI is InChI=1S/C60H56BN3/c1-59(2,3)44-29-33-47(34-30-44)63-53-27-17-15-25-51(53)61-52-26-16-18-28-54(52)64(48-35-31-45(32-36-48)60(4,5)6)57-40-49(39-56(63)58(57)61)62(46-23-11-8-12-24-46)55-38-43-22-14-13-21-42(43)37-50(55)41-19-9-7-10-20-41/h7-12,15-20,23-40H,13-14,21-22H2,1-6H3. The zero-order valence-corrected chi connectivity index (χ0v) is 38.1. The smallest absolute Gasteiger partial charge is 0.252 e. The van der Waals surface area contributed by atoms with Crippen LogP contribution in [0.15, 0.2) is 182 Å². The fourth-order valence-corrected chi connectivity index (χ4v) is 10.6. The van der Waals surface area contributed by atoms with Gasteiger partial charge < -0.3 is 14.7 Å². The number of aryl methyl sites for hydroxylation is 2. The first-order valence-corrected chi connectivity index (χ1v) is 23.3. The molecule has 3 nitrogen and oxygen atoms in total. The van der Waals surface area contributed by atoms with E-state index in [0.717, 1.165) is 35.6 Å². The second-order valence-electron chi connectivity index (χ2n) is 20.1. The maximum Gasteiger partial charge on any atom is 0.252 e. The Labute approximate surface area is 380 Å². The minimum Gasteiger partial charge on any atom is -0.311 e. The maximum atomic E-state index is 2.55. The van der Waals surface area contributed by atoms with E-state index in [1.54, 1.807) is 0 Å². The van der Waals surface area contributed by atoms with Crippen LogP contribution in [0, 0.1) is 0 Å². The lowest BCUT2D eigenvalue weighted by atomic mass is 9.33. The Morgan fingerprint density at radius 2 is 0.891 bits per heavy atom. The summed E-state index contributed by atoms with van der Waals surface area (Å²) in [4.78, 5) is 7.64. The van der Waals surface area contributed by atoms with Crippen molar-refractivity contribution in [1.82, 2.24) is 0 Å². The second-order valence-corrected chi connectivity index (χ2v) is 20.1. The Kier molecular flexibility index (Phi) is 9.69. The van der Waals surface area contributed by atoms with Crippen LogP contribution in [0.2, 0.25) is 0 Å². The highest BCUT2D eigenvalue weighted by Crippen LogP contribution is 2.50. The first-order valence-electron chi connectivity index (χ1n) is 23.3. The number of rotatable bonds is 6. The van der Waals surface area contributed by atoms with E-state index in [4.69, 9.17) is 0 Å². The lowest BCUT2D eigenvalue weighted by molar-refractivity contribution is 0.590. The number of benzene rings is 8. The van der Waals surface area contributed by atoms with E-state index in [1.807, 2.05) is 0 Å². The molecule has 0 radical (unpaired) electrons. The molecule has 0 amide bonds. The number of anilines is 9. The molecule has 3 aliphatic rings. The molecule has 1 aliphatic carbocycles. The normalized spacial score (nSPS) is 14.1. The first kappa shape index (κ1) is 40.0. The molecule has 2 aliphatic heterocycles. The molecule has 0 saturated carbocycles. The molecule has 64 heavy (non-hydrogen) atoms. The molecule has 0 N–H and O–H groups in total. The van der Waals surface area contributed by atoms with Gasteiger partial charge in [0.2, 0.25) is 0 Å². The van der Waals surface area contributed by atoms with Crippen molar-refractivity contribution < 1.29 is 0 Å². The summed E-state index contributed by atoms with van der Waals surface area (Å²) in [5, 5.41) is 0. The highest BCUT2D eigenvalue weighted by Gasteiger charge is 2.44. The highest BCUT2D eigenvalue weighted by atomic mass is 15.2. The van der Waals surface area contributed by atoms with Crippen LogP contribution in [-0.4, -0.2) is 6.71 Å². The molecule has 8 aromatic rings. The average Bonchev–Trinajstić information content (AvgIpc) is 3.31. The lowest BCUT2D eigenvalue weighted by Crippen LogP contribution is -2.61. The summed E-state index contributed by atoms with van der Waals surface area (Å²) in [6.07, 6.45) is 4.68. The minimum atomic E-state index is 0.0375. The van der Waals surface area contributed by atoms with E-state index in [1.165, 1.54) is 91.0 Å². The molecule has 8 aromatic carbocycles. The van der Waals surface area contributed by atoms with Gasteiger partial charge in [-0.1, -0.05) is 151 Å². The largest absolute Gasteiger partial charge is 0.311 e. The average molecular weight is 830 g/mol. The number of fused-ring (bicyclic) bond motifs is 5. The molecule has 0 fully saturated rings. The lowest BCUT2D eigenvalue weighted by Gasteiger charge is -2.45. The summed E-state index contributed by atoms with van der Waals surface area (Å²) in [5.41, 5.74) is 22.7. The molecule has 314 valence electrons. The van der Waals surface area contributed by atoms with Crippen LogP contribution in [-0.2, 0) is 23.7 Å². The molecule has 0 bridgehead atoms. The van der Waals surface area contributed by atoms with Crippen LogP contribution in [0.25, 0.3) is 11.1 Å². The Bertz CT molecular complexity index is 2880. The van der Waals surface area contributed by atoms with Crippen molar-refractivity contribution in [1.29, 1.82) is 0 Å². The quantitative estimate of drug-likeness (QED) is 0.155. The fraction of sp³-hybridized carbons (Fsp3) is 0.200. The van der Waals surface area contributed by atoms with Gasteiger partial charge in [-0.3, -0.25) is 0 Å². The van der Waals surface area contributed by atoms with Gasteiger partial charge in [0, 0.05) is 45.4 Å². The summed E-state index contributed by atoms with van der Waals surface area (Å²) in [6, 6.07) is 69.0. The third-order valence-electron chi connectivity index (χ3n) is 13.9. The third kappa shape index (κ3) is 6.83. The number of para-hydroxylation sites is 3. The van der Waals surface area contributed by atoms with Gasteiger partial charge in [0.25, 0.3) is 6.71 Å². The van der Waals surface area contributed by atoms with Gasteiger partial charge in [0.15, 0.2) is 0 Å². The summed E-state index contributed by atoms with van der Waals surface area (Å²) in [7, 11) is 0. The molecule has 2 heterocycles. The Hall–Kier alpha value is -6.78. The molecule has 0 aromatic heterocycles. The van der Waals surface area contributed by atoms with Gasteiger partial charge in [-0.25, -0.2) is 0 Å². The van der Waals surface area contributed by atoms with Gasteiger partial charge in [0.05, 0.1) is 11.4 Å². The number of hydrogen-bond acceptors (Lipinski definition) is 3. The van der Waals surface area contributed by atoms with Gasteiger partial charge in [0.1, 0.15) is 0 Å². The zero-order valence-electron chi connectivity index (χ0n) is 38.1. The summed E-state index contributed by atoms with van der Waals surface area (Å²) < 4.78 is 0. The van der Waals surface area contributed by atoms with E-state index < -0.39 is 0 Å². The van der Waals surface area contributed by atoms with Crippen LogP contribution in [0.4, 0.5) is 51.2 Å². The van der Waals surface area contributed by atoms with Crippen molar-refractivity contribution in [3.05, 3.63) is 204 Å². The molecule has 0 saturated heterocycles. The highest BCUT2D eigenvalue weighted by molar-refractivity contribution is 7.00. The second kappa shape index (κ2) is 15.5. The predicted octanol–water partition coefficient (Wildman–Crippen LogP) is 14.4. The number of hydrogen-bond donors (Lipinski definition) is 0. The van der Waals surface area contributed by atoms with Gasteiger partial charge in [-0.15, -0.1) is 0 Å². The van der Waals surface area contributed by atoms with Crippen LogP contribution >= 0.6 is 0 Å². The van der Waals surface area contributed by atoms with Gasteiger partial charge in [-0.2, -0.15) is 0 Å². The summed E-state index contributed by atoms with van der Waals surface area (Å²) in [6.45, 7) is 13.8. The number of nitrogens with zero attached hydrogens (tertiary/aromatic N) is 3. The Morgan fingerprint density at radius 3 is 1.39 bits per heavy atom. The monoisotopic (exact) mass is 829 g/mol. The Balaban J connectivity index is 1.24. The van der Waals surface area contributed by atoms with Crippen molar-refractivity contribution >= 4 is 74.3 Å². The van der Waals surface area contributed by atoms with Gasteiger partial charge >= 0.3 is 0 Å². The van der Waals surface area contributed by atoms with Crippen molar-refractivity contribution in [3.8, 4) is 11.1 Å². The van der Waals surface area contributed by atoms with Crippen molar-refractivity contribution in [2.24, 2.45) is 0 Å². The molecule has 4 heteroatoms.